The molecule has 2 N–H and O–H groups in total. The van der Waals surface area contributed by atoms with Gasteiger partial charge in [-0.1, -0.05) is 5.16 Å². The van der Waals surface area contributed by atoms with Crippen LogP contribution in [0.2, 0.25) is 0 Å². The molecule has 1 amide bonds. The third-order valence-corrected chi connectivity index (χ3v) is 5.07. The van der Waals surface area contributed by atoms with E-state index >= 15 is 0 Å². The number of amides is 1. The second kappa shape index (κ2) is 6.14. The van der Waals surface area contributed by atoms with Crippen molar-refractivity contribution in [2.75, 3.05) is 13.1 Å². The van der Waals surface area contributed by atoms with E-state index in [0.29, 0.717) is 24.5 Å². The SMILES string of the molecule is Cc1cc(C(=O)N2C[C@@H](N)[C@H](c3cn(C)cn3)C2)c(C)n1-c1ccon1. The summed E-state index contributed by atoms with van der Waals surface area (Å²) in [5.41, 5.74) is 9.68. The number of hydrogen-bond donors (Lipinski definition) is 1. The summed E-state index contributed by atoms with van der Waals surface area (Å²) in [5, 5.41) is 3.98. The predicted molar refractivity (Wildman–Crippen MR) is 95.1 cm³/mol. The first-order valence-corrected chi connectivity index (χ1v) is 8.58. The maximum absolute atomic E-state index is 13.1. The van der Waals surface area contributed by atoms with Gasteiger partial charge in [0.25, 0.3) is 5.91 Å². The lowest BCUT2D eigenvalue weighted by atomic mass is 10.0. The fraction of sp³-hybridized carbons (Fsp3) is 0.389. The first-order valence-electron chi connectivity index (χ1n) is 8.58. The Kier molecular flexibility index (Phi) is 3.91. The van der Waals surface area contributed by atoms with Crippen molar-refractivity contribution in [3.8, 4) is 5.82 Å². The topological polar surface area (TPSA) is 95.1 Å². The van der Waals surface area contributed by atoms with Gasteiger partial charge in [0.1, 0.15) is 6.26 Å². The van der Waals surface area contributed by atoms with Crippen molar-refractivity contribution in [3.63, 3.8) is 0 Å². The third kappa shape index (κ3) is 2.62. The summed E-state index contributed by atoms with van der Waals surface area (Å²) in [4.78, 5) is 19.3. The van der Waals surface area contributed by atoms with Crippen molar-refractivity contribution in [2.24, 2.45) is 12.8 Å². The molecule has 3 aromatic rings. The number of likely N-dealkylation sites (tertiary alicyclic amines) is 1. The number of carbonyl (C=O) groups excluding carboxylic acids is 1. The fourth-order valence-electron chi connectivity index (χ4n) is 3.76. The number of aryl methyl sites for hydroxylation is 2. The molecule has 0 unspecified atom stereocenters. The van der Waals surface area contributed by atoms with E-state index in [1.165, 1.54) is 6.26 Å². The minimum absolute atomic E-state index is 0.0123. The summed E-state index contributed by atoms with van der Waals surface area (Å²) < 4.78 is 8.76. The van der Waals surface area contributed by atoms with Gasteiger partial charge in [-0.25, -0.2) is 4.98 Å². The monoisotopic (exact) mass is 354 g/mol. The molecule has 0 radical (unpaired) electrons. The van der Waals surface area contributed by atoms with Crippen molar-refractivity contribution < 1.29 is 9.32 Å². The molecule has 1 aliphatic rings. The summed E-state index contributed by atoms with van der Waals surface area (Å²) in [5.74, 6) is 0.712. The second-order valence-corrected chi connectivity index (χ2v) is 6.92. The minimum atomic E-state index is -0.118. The van der Waals surface area contributed by atoms with Gasteiger partial charge in [-0.15, -0.1) is 0 Å². The van der Waals surface area contributed by atoms with E-state index in [0.717, 1.165) is 17.1 Å². The highest BCUT2D eigenvalue weighted by molar-refractivity contribution is 5.96. The largest absolute Gasteiger partial charge is 0.363 e. The van der Waals surface area contributed by atoms with Gasteiger partial charge in [0.15, 0.2) is 5.82 Å². The molecule has 0 aliphatic carbocycles. The van der Waals surface area contributed by atoms with E-state index in [4.69, 9.17) is 10.3 Å². The van der Waals surface area contributed by atoms with Gasteiger partial charge in [-0.2, -0.15) is 0 Å². The lowest BCUT2D eigenvalue weighted by molar-refractivity contribution is 0.0788. The summed E-state index contributed by atoms with van der Waals surface area (Å²) in [6, 6.07) is 3.55. The highest BCUT2D eigenvalue weighted by Gasteiger charge is 2.36. The van der Waals surface area contributed by atoms with E-state index in [9.17, 15) is 4.79 Å². The van der Waals surface area contributed by atoms with Crippen LogP contribution in [0.1, 0.15) is 33.4 Å². The second-order valence-electron chi connectivity index (χ2n) is 6.92. The molecule has 0 bridgehead atoms. The Hall–Kier alpha value is -2.87. The zero-order chi connectivity index (χ0) is 18.4. The van der Waals surface area contributed by atoms with Gasteiger partial charge in [-0.05, 0) is 19.9 Å². The van der Waals surface area contributed by atoms with Crippen molar-refractivity contribution in [1.82, 2.24) is 24.2 Å². The van der Waals surface area contributed by atoms with Crippen LogP contribution < -0.4 is 5.73 Å². The van der Waals surface area contributed by atoms with Gasteiger partial charge in [-0.3, -0.25) is 9.36 Å². The van der Waals surface area contributed by atoms with Crippen LogP contribution in [0.15, 0.2) is 35.4 Å². The number of nitrogens with two attached hydrogens (primary N) is 1. The first kappa shape index (κ1) is 16.6. The maximum atomic E-state index is 13.1. The number of hydrogen-bond acceptors (Lipinski definition) is 5. The lowest BCUT2D eigenvalue weighted by Gasteiger charge is -2.16. The van der Waals surface area contributed by atoms with Crippen molar-refractivity contribution in [1.29, 1.82) is 0 Å². The Morgan fingerprint density at radius 3 is 2.81 bits per heavy atom. The van der Waals surface area contributed by atoms with Crippen LogP contribution in [0.25, 0.3) is 5.82 Å². The standard InChI is InChI=1S/C18H22N6O2/c1-11-6-13(12(2)24(11)17-4-5-26-21-17)18(25)23-7-14(15(19)8-23)16-9-22(3)10-20-16/h4-6,9-10,14-15H,7-8,19H2,1-3H3/t14-,15-/m1/s1. The van der Waals surface area contributed by atoms with Gasteiger partial charge in [0.05, 0.1) is 17.6 Å². The van der Waals surface area contributed by atoms with Crippen LogP contribution in [0.5, 0.6) is 0 Å². The quantitative estimate of drug-likeness (QED) is 0.767. The first-order chi connectivity index (χ1) is 12.5. The van der Waals surface area contributed by atoms with Crippen LogP contribution in [0.4, 0.5) is 0 Å². The molecule has 1 saturated heterocycles. The highest BCUT2D eigenvalue weighted by Crippen LogP contribution is 2.28. The number of aromatic nitrogens is 4. The Bertz CT molecular complexity index is 939. The number of carbonyl (C=O) groups is 1. The van der Waals surface area contributed by atoms with Gasteiger partial charge in [0.2, 0.25) is 0 Å². The van der Waals surface area contributed by atoms with Crippen molar-refractivity contribution in [2.45, 2.75) is 25.8 Å². The summed E-state index contributed by atoms with van der Waals surface area (Å²) >= 11 is 0. The predicted octanol–water partition coefficient (Wildman–Crippen LogP) is 1.38. The molecule has 0 saturated carbocycles. The molecule has 2 atom stereocenters. The Morgan fingerprint density at radius 2 is 2.15 bits per heavy atom. The summed E-state index contributed by atoms with van der Waals surface area (Å²) in [7, 11) is 1.93. The summed E-state index contributed by atoms with van der Waals surface area (Å²) in [6.07, 6.45) is 5.25. The van der Waals surface area contributed by atoms with Crippen LogP contribution in [-0.2, 0) is 7.05 Å². The molecule has 8 heteroatoms. The molecule has 0 spiro atoms. The average Bonchev–Trinajstić information content (AvgIpc) is 3.35. The maximum Gasteiger partial charge on any atom is 0.255 e. The van der Waals surface area contributed by atoms with Crippen LogP contribution >= 0.6 is 0 Å². The van der Waals surface area contributed by atoms with Crippen LogP contribution in [-0.4, -0.2) is 49.2 Å². The molecule has 1 aliphatic heterocycles. The zero-order valence-electron chi connectivity index (χ0n) is 15.1. The molecular formula is C18H22N6O2. The van der Waals surface area contributed by atoms with E-state index in [-0.39, 0.29) is 17.9 Å². The number of imidazole rings is 1. The Labute approximate surface area is 151 Å². The third-order valence-electron chi connectivity index (χ3n) is 5.07. The normalized spacial score (nSPS) is 20.1. The van der Waals surface area contributed by atoms with Crippen LogP contribution in [0.3, 0.4) is 0 Å². The molecule has 1 fully saturated rings. The molecular weight excluding hydrogens is 332 g/mol. The molecule has 4 rings (SSSR count). The zero-order valence-corrected chi connectivity index (χ0v) is 15.1. The molecule has 26 heavy (non-hydrogen) atoms. The smallest absolute Gasteiger partial charge is 0.255 e. The Morgan fingerprint density at radius 1 is 1.35 bits per heavy atom. The molecule has 0 aromatic carbocycles. The Balaban J connectivity index is 1.60. The highest BCUT2D eigenvalue weighted by atomic mass is 16.5. The van der Waals surface area contributed by atoms with Crippen molar-refractivity contribution in [3.05, 3.63) is 53.6 Å². The van der Waals surface area contributed by atoms with Gasteiger partial charge >= 0.3 is 0 Å². The van der Waals surface area contributed by atoms with Gasteiger partial charge in [0, 0.05) is 55.7 Å². The minimum Gasteiger partial charge on any atom is -0.363 e. The molecule has 136 valence electrons. The molecule has 4 heterocycles. The number of nitrogens with zero attached hydrogens (tertiary/aromatic N) is 5. The molecule has 8 nitrogen and oxygen atoms in total. The summed E-state index contributed by atoms with van der Waals surface area (Å²) in [6.45, 7) is 4.96. The number of rotatable bonds is 3. The van der Waals surface area contributed by atoms with Crippen LogP contribution in [0, 0.1) is 13.8 Å². The average molecular weight is 354 g/mol. The van der Waals surface area contributed by atoms with Gasteiger partial charge < -0.3 is 19.7 Å². The van der Waals surface area contributed by atoms with E-state index < -0.39 is 0 Å². The molecule has 3 aromatic heterocycles. The fourth-order valence-corrected chi connectivity index (χ4v) is 3.76. The van der Waals surface area contributed by atoms with E-state index in [1.807, 2.05) is 47.2 Å². The van der Waals surface area contributed by atoms with E-state index in [2.05, 4.69) is 10.1 Å². The lowest BCUT2D eigenvalue weighted by Crippen LogP contribution is -2.32. The van der Waals surface area contributed by atoms with E-state index in [1.54, 1.807) is 12.4 Å². The van der Waals surface area contributed by atoms with Crippen molar-refractivity contribution >= 4 is 5.91 Å².